The first kappa shape index (κ1) is 12.3. The van der Waals surface area contributed by atoms with Gasteiger partial charge in [0.15, 0.2) is 5.65 Å². The summed E-state index contributed by atoms with van der Waals surface area (Å²) in [6, 6.07) is 2.02. The van der Waals surface area contributed by atoms with Crippen LogP contribution in [-0.4, -0.2) is 21.4 Å². The number of aromatic nitrogens is 3. The van der Waals surface area contributed by atoms with Crippen LogP contribution in [0.3, 0.4) is 0 Å². The van der Waals surface area contributed by atoms with Gasteiger partial charge in [-0.1, -0.05) is 0 Å². The van der Waals surface area contributed by atoms with Gasteiger partial charge in [-0.2, -0.15) is 5.10 Å². The van der Waals surface area contributed by atoms with Crippen molar-refractivity contribution in [1.29, 1.82) is 0 Å². The Balaban J connectivity index is 2.55. The molecule has 1 unspecified atom stereocenters. The van der Waals surface area contributed by atoms with E-state index in [1.165, 1.54) is 0 Å². The summed E-state index contributed by atoms with van der Waals surface area (Å²) in [7, 11) is 0. The number of pyridine rings is 1. The van der Waals surface area contributed by atoms with Gasteiger partial charge in [-0.25, -0.2) is 9.67 Å². The van der Waals surface area contributed by atoms with E-state index in [1.54, 1.807) is 6.20 Å². The molecule has 2 rings (SSSR count). The lowest BCUT2D eigenvalue weighted by molar-refractivity contribution is 0.0185. The fraction of sp³-hybridized carbons (Fsp3) is 0.400. The molecule has 0 radical (unpaired) electrons. The van der Waals surface area contributed by atoms with Crippen molar-refractivity contribution in [2.24, 2.45) is 0 Å². The predicted octanol–water partition coefficient (Wildman–Crippen LogP) is 3.35. The molecule has 1 atom stereocenters. The molecule has 4 nitrogen and oxygen atoms in total. The average molecular weight is 396 g/mol. The molecule has 0 aliphatic heterocycles. The zero-order chi connectivity index (χ0) is 11.7. The van der Waals surface area contributed by atoms with Crippen LogP contribution in [0.15, 0.2) is 16.7 Å². The predicted molar refractivity (Wildman–Crippen MR) is 74.3 cm³/mol. The van der Waals surface area contributed by atoms with Crippen molar-refractivity contribution >= 4 is 49.6 Å². The summed E-state index contributed by atoms with van der Waals surface area (Å²) < 4.78 is 9.24. The van der Waals surface area contributed by atoms with Crippen molar-refractivity contribution in [2.45, 2.75) is 20.1 Å². The molecule has 2 heterocycles. The van der Waals surface area contributed by atoms with Gasteiger partial charge >= 0.3 is 0 Å². The van der Waals surface area contributed by atoms with E-state index in [4.69, 9.17) is 4.74 Å². The molecule has 0 aliphatic carbocycles. The Morgan fingerprint density at radius 3 is 3.06 bits per heavy atom. The second-order valence-corrected chi connectivity index (χ2v) is 5.25. The topological polar surface area (TPSA) is 39.9 Å². The number of fused-ring (bicyclic) bond motifs is 1. The summed E-state index contributed by atoms with van der Waals surface area (Å²) in [5, 5.41) is 5.49. The minimum atomic E-state index is -0.0929. The lowest BCUT2D eigenvalue weighted by atomic mass is 10.4. The summed E-state index contributed by atoms with van der Waals surface area (Å²) in [5.74, 6) is 0. The van der Waals surface area contributed by atoms with E-state index in [0.29, 0.717) is 6.61 Å². The van der Waals surface area contributed by atoms with E-state index in [-0.39, 0.29) is 6.23 Å². The first-order valence-corrected chi connectivity index (χ1v) is 6.81. The normalized spacial score (nSPS) is 13.2. The highest BCUT2D eigenvalue weighted by molar-refractivity contribution is 14.1. The molecule has 0 bridgehead atoms. The van der Waals surface area contributed by atoms with Crippen molar-refractivity contribution in [3.8, 4) is 0 Å². The third-order valence-electron chi connectivity index (χ3n) is 2.22. The largest absolute Gasteiger partial charge is 0.357 e. The maximum Gasteiger partial charge on any atom is 0.161 e. The van der Waals surface area contributed by atoms with Gasteiger partial charge < -0.3 is 4.74 Å². The highest BCUT2D eigenvalue weighted by Gasteiger charge is 2.14. The van der Waals surface area contributed by atoms with Crippen LogP contribution >= 0.6 is 38.5 Å². The van der Waals surface area contributed by atoms with Crippen molar-refractivity contribution in [1.82, 2.24) is 14.8 Å². The number of hydrogen-bond acceptors (Lipinski definition) is 3. The third-order valence-corrected chi connectivity index (χ3v) is 3.45. The Bertz CT molecular complexity index is 514. The van der Waals surface area contributed by atoms with Gasteiger partial charge in [0.1, 0.15) is 9.93 Å². The molecule has 0 fully saturated rings. The van der Waals surface area contributed by atoms with Crippen LogP contribution in [0.5, 0.6) is 0 Å². The Morgan fingerprint density at radius 2 is 2.38 bits per heavy atom. The zero-order valence-electron chi connectivity index (χ0n) is 8.94. The van der Waals surface area contributed by atoms with Gasteiger partial charge in [0.2, 0.25) is 0 Å². The van der Waals surface area contributed by atoms with Crippen LogP contribution in [0.2, 0.25) is 0 Å². The second-order valence-electron chi connectivity index (χ2n) is 3.31. The van der Waals surface area contributed by atoms with Crippen molar-refractivity contribution in [3.63, 3.8) is 0 Å². The minimum Gasteiger partial charge on any atom is -0.357 e. The van der Waals surface area contributed by atoms with Gasteiger partial charge in [0.05, 0.1) is 5.39 Å². The first-order chi connectivity index (χ1) is 7.63. The summed E-state index contributed by atoms with van der Waals surface area (Å²) in [5.41, 5.74) is 0.855. The molecule has 0 aliphatic rings. The van der Waals surface area contributed by atoms with Crippen LogP contribution in [-0.2, 0) is 4.74 Å². The summed E-state index contributed by atoms with van der Waals surface area (Å²) in [4.78, 5) is 4.37. The maximum atomic E-state index is 5.52. The fourth-order valence-electron chi connectivity index (χ4n) is 1.53. The number of halogens is 2. The van der Waals surface area contributed by atoms with Gasteiger partial charge in [-0.3, -0.25) is 0 Å². The van der Waals surface area contributed by atoms with Crippen molar-refractivity contribution in [3.05, 3.63) is 20.4 Å². The number of rotatable bonds is 3. The van der Waals surface area contributed by atoms with Crippen LogP contribution < -0.4 is 0 Å². The van der Waals surface area contributed by atoms with Gasteiger partial charge in [-0.15, -0.1) is 0 Å². The lowest BCUT2D eigenvalue weighted by Crippen LogP contribution is -2.11. The highest BCUT2D eigenvalue weighted by atomic mass is 127. The Hall–Kier alpha value is -0.210. The fourth-order valence-corrected chi connectivity index (χ4v) is 2.49. The third kappa shape index (κ3) is 2.23. The number of ether oxygens (including phenoxy) is 1. The van der Waals surface area contributed by atoms with Crippen LogP contribution in [0.25, 0.3) is 11.0 Å². The SMILES string of the molecule is CCOC(C)n1nc(I)c2cc(Br)cnc21. The molecule has 2 aromatic rings. The van der Waals surface area contributed by atoms with E-state index in [9.17, 15) is 0 Å². The van der Waals surface area contributed by atoms with Crippen molar-refractivity contribution in [2.75, 3.05) is 6.61 Å². The summed E-state index contributed by atoms with van der Waals surface area (Å²) in [6.45, 7) is 4.60. The van der Waals surface area contributed by atoms with E-state index >= 15 is 0 Å². The highest BCUT2D eigenvalue weighted by Crippen LogP contribution is 2.24. The first-order valence-electron chi connectivity index (χ1n) is 4.94. The van der Waals surface area contributed by atoms with E-state index in [0.717, 1.165) is 19.2 Å². The molecular weight excluding hydrogens is 385 g/mol. The Kier molecular flexibility index (Phi) is 3.81. The minimum absolute atomic E-state index is 0.0929. The molecule has 86 valence electrons. The second kappa shape index (κ2) is 4.97. The monoisotopic (exact) mass is 395 g/mol. The molecule has 2 aromatic heterocycles. The number of hydrogen-bond donors (Lipinski definition) is 0. The molecule has 0 aromatic carbocycles. The summed E-state index contributed by atoms with van der Waals surface area (Å²) >= 11 is 5.62. The lowest BCUT2D eigenvalue weighted by Gasteiger charge is -2.12. The van der Waals surface area contributed by atoms with Gasteiger partial charge in [-0.05, 0) is 58.4 Å². The maximum absolute atomic E-state index is 5.52. The van der Waals surface area contributed by atoms with Crippen LogP contribution in [0.1, 0.15) is 20.1 Å². The van der Waals surface area contributed by atoms with Crippen LogP contribution in [0.4, 0.5) is 0 Å². The molecule has 0 saturated heterocycles. The molecule has 6 heteroatoms. The summed E-state index contributed by atoms with van der Waals surface area (Å²) in [6.07, 6.45) is 1.68. The van der Waals surface area contributed by atoms with Gasteiger partial charge in [0, 0.05) is 17.3 Å². The quantitative estimate of drug-likeness (QED) is 0.748. The molecule has 0 N–H and O–H groups in total. The molecule has 0 saturated carbocycles. The van der Waals surface area contributed by atoms with E-state index in [2.05, 4.69) is 48.6 Å². The van der Waals surface area contributed by atoms with Crippen molar-refractivity contribution < 1.29 is 4.74 Å². The zero-order valence-corrected chi connectivity index (χ0v) is 12.7. The molecule has 0 spiro atoms. The standard InChI is InChI=1S/C10H11BrIN3O/c1-3-16-6(2)15-10-8(9(12)14-15)4-7(11)5-13-10/h4-6H,3H2,1-2H3. The smallest absolute Gasteiger partial charge is 0.161 e. The van der Waals surface area contributed by atoms with E-state index in [1.807, 2.05) is 24.6 Å². The molecule has 16 heavy (non-hydrogen) atoms. The molecular formula is C10H11BrIN3O. The van der Waals surface area contributed by atoms with Gasteiger partial charge in [0.25, 0.3) is 0 Å². The van der Waals surface area contributed by atoms with Crippen LogP contribution in [0, 0.1) is 3.70 Å². The Morgan fingerprint density at radius 1 is 1.62 bits per heavy atom. The Labute approximate surface area is 116 Å². The number of nitrogens with zero attached hydrogens (tertiary/aromatic N) is 3. The van der Waals surface area contributed by atoms with E-state index < -0.39 is 0 Å². The molecule has 0 amide bonds. The average Bonchev–Trinajstić information content (AvgIpc) is 2.56.